The molecule has 0 bridgehead atoms. The van der Waals surface area contributed by atoms with Crippen molar-refractivity contribution in [3.8, 4) is 0 Å². The molecule has 0 saturated heterocycles. The predicted molar refractivity (Wildman–Crippen MR) is 66.0 cm³/mol. The van der Waals surface area contributed by atoms with Crippen LogP contribution in [0.3, 0.4) is 0 Å². The van der Waals surface area contributed by atoms with Crippen LogP contribution in [0.25, 0.3) is 0 Å². The van der Waals surface area contributed by atoms with E-state index in [1.54, 1.807) is 13.2 Å². The Balaban J connectivity index is 2.78. The summed E-state index contributed by atoms with van der Waals surface area (Å²) in [6.45, 7) is 5.79. The van der Waals surface area contributed by atoms with Gasteiger partial charge in [-0.2, -0.15) is 0 Å². The van der Waals surface area contributed by atoms with Crippen LogP contribution in [0.2, 0.25) is 5.15 Å². The van der Waals surface area contributed by atoms with Crippen molar-refractivity contribution in [3.63, 3.8) is 0 Å². The van der Waals surface area contributed by atoms with E-state index in [0.717, 1.165) is 18.8 Å². The Bertz CT molecular complexity index is 305. The second kappa shape index (κ2) is 6.66. The predicted octanol–water partition coefficient (Wildman–Crippen LogP) is 2.38. The molecule has 0 saturated carbocycles. The molecule has 1 heterocycles. The molecule has 1 atom stereocenters. The van der Waals surface area contributed by atoms with Gasteiger partial charge in [-0.15, -0.1) is 10.2 Å². The van der Waals surface area contributed by atoms with Gasteiger partial charge in [0.2, 0.25) is 0 Å². The largest absolute Gasteiger partial charge is 0.383 e. The third-order valence-corrected chi connectivity index (χ3v) is 2.77. The third kappa shape index (κ3) is 3.61. The first-order chi connectivity index (χ1) is 7.69. The SMILES string of the molecule is CCC(C)N(CCOC)c1ccc(Cl)nn1. The van der Waals surface area contributed by atoms with Crippen molar-refractivity contribution in [2.75, 3.05) is 25.2 Å². The van der Waals surface area contributed by atoms with Crippen LogP contribution >= 0.6 is 11.6 Å². The maximum atomic E-state index is 5.72. The molecule has 0 amide bonds. The van der Waals surface area contributed by atoms with Crippen molar-refractivity contribution in [3.05, 3.63) is 17.3 Å². The standard InChI is InChI=1S/C11H18ClN3O/c1-4-9(2)15(7-8-16-3)11-6-5-10(12)13-14-11/h5-6,9H,4,7-8H2,1-3H3. The molecule has 1 rings (SSSR count). The minimum absolute atomic E-state index is 0.408. The minimum atomic E-state index is 0.408. The zero-order chi connectivity index (χ0) is 12.0. The van der Waals surface area contributed by atoms with E-state index >= 15 is 0 Å². The lowest BCUT2D eigenvalue weighted by molar-refractivity contribution is 0.203. The van der Waals surface area contributed by atoms with E-state index in [-0.39, 0.29) is 0 Å². The Kier molecular flexibility index (Phi) is 5.49. The van der Waals surface area contributed by atoms with Crippen LogP contribution in [0.5, 0.6) is 0 Å². The molecule has 0 aliphatic heterocycles. The molecular weight excluding hydrogens is 226 g/mol. The second-order valence-electron chi connectivity index (χ2n) is 3.66. The number of anilines is 1. The van der Waals surface area contributed by atoms with Crippen molar-refractivity contribution < 1.29 is 4.74 Å². The van der Waals surface area contributed by atoms with Crippen molar-refractivity contribution in [2.45, 2.75) is 26.3 Å². The molecular formula is C11H18ClN3O. The quantitative estimate of drug-likeness (QED) is 0.769. The molecule has 0 aliphatic carbocycles. The lowest BCUT2D eigenvalue weighted by Crippen LogP contribution is -2.36. The first kappa shape index (κ1) is 13.2. The summed E-state index contributed by atoms with van der Waals surface area (Å²) in [6, 6.07) is 4.05. The topological polar surface area (TPSA) is 38.2 Å². The van der Waals surface area contributed by atoms with Crippen LogP contribution < -0.4 is 4.90 Å². The Hall–Kier alpha value is -0.870. The van der Waals surface area contributed by atoms with Gasteiger partial charge in [0.1, 0.15) is 0 Å². The average Bonchev–Trinajstić information content (AvgIpc) is 2.31. The molecule has 5 heteroatoms. The molecule has 0 spiro atoms. The van der Waals surface area contributed by atoms with Crippen molar-refractivity contribution in [1.29, 1.82) is 0 Å². The molecule has 1 unspecified atom stereocenters. The van der Waals surface area contributed by atoms with Gasteiger partial charge in [-0.05, 0) is 25.5 Å². The zero-order valence-electron chi connectivity index (χ0n) is 9.98. The molecule has 0 aromatic carbocycles. The number of ether oxygens (including phenoxy) is 1. The minimum Gasteiger partial charge on any atom is -0.383 e. The van der Waals surface area contributed by atoms with Gasteiger partial charge in [0, 0.05) is 19.7 Å². The Morgan fingerprint density at radius 1 is 1.44 bits per heavy atom. The highest BCUT2D eigenvalue weighted by Gasteiger charge is 2.14. The van der Waals surface area contributed by atoms with Gasteiger partial charge in [0.05, 0.1) is 6.61 Å². The normalized spacial score (nSPS) is 12.5. The number of halogens is 1. The van der Waals surface area contributed by atoms with Gasteiger partial charge in [0.15, 0.2) is 11.0 Å². The first-order valence-corrected chi connectivity index (χ1v) is 5.81. The van der Waals surface area contributed by atoms with E-state index in [0.29, 0.717) is 17.8 Å². The lowest BCUT2D eigenvalue weighted by atomic mass is 10.2. The fourth-order valence-electron chi connectivity index (χ4n) is 1.43. The number of aromatic nitrogens is 2. The van der Waals surface area contributed by atoms with Gasteiger partial charge < -0.3 is 9.64 Å². The number of methoxy groups -OCH3 is 1. The number of hydrogen-bond acceptors (Lipinski definition) is 4. The highest BCUT2D eigenvalue weighted by atomic mass is 35.5. The Morgan fingerprint density at radius 2 is 2.19 bits per heavy atom. The van der Waals surface area contributed by atoms with Gasteiger partial charge in [0.25, 0.3) is 0 Å². The van der Waals surface area contributed by atoms with E-state index in [1.807, 2.05) is 6.07 Å². The molecule has 90 valence electrons. The summed E-state index contributed by atoms with van der Waals surface area (Å²) in [5.41, 5.74) is 0. The molecule has 16 heavy (non-hydrogen) atoms. The summed E-state index contributed by atoms with van der Waals surface area (Å²) in [5, 5.41) is 8.36. The van der Waals surface area contributed by atoms with Gasteiger partial charge in [-0.25, -0.2) is 0 Å². The maximum absolute atomic E-state index is 5.72. The summed E-state index contributed by atoms with van der Waals surface area (Å²) < 4.78 is 5.10. The van der Waals surface area contributed by atoms with E-state index in [9.17, 15) is 0 Å². The fraction of sp³-hybridized carbons (Fsp3) is 0.636. The summed E-state index contributed by atoms with van der Waals surface area (Å²) in [7, 11) is 1.70. The molecule has 4 nitrogen and oxygen atoms in total. The van der Waals surface area contributed by atoms with Crippen LogP contribution in [0.15, 0.2) is 12.1 Å². The molecule has 0 radical (unpaired) electrons. The average molecular weight is 244 g/mol. The highest BCUT2D eigenvalue weighted by Crippen LogP contribution is 2.16. The Labute approximate surface area is 102 Å². The number of rotatable bonds is 6. The lowest BCUT2D eigenvalue weighted by Gasteiger charge is -2.28. The van der Waals surface area contributed by atoms with Crippen LogP contribution in [-0.2, 0) is 4.74 Å². The number of nitrogens with zero attached hydrogens (tertiary/aromatic N) is 3. The monoisotopic (exact) mass is 243 g/mol. The van der Waals surface area contributed by atoms with Gasteiger partial charge >= 0.3 is 0 Å². The molecule has 0 N–H and O–H groups in total. The zero-order valence-corrected chi connectivity index (χ0v) is 10.7. The Morgan fingerprint density at radius 3 is 2.69 bits per heavy atom. The smallest absolute Gasteiger partial charge is 0.151 e. The van der Waals surface area contributed by atoms with Crippen LogP contribution in [-0.4, -0.2) is 36.5 Å². The summed E-state index contributed by atoms with van der Waals surface area (Å²) in [4.78, 5) is 2.17. The summed E-state index contributed by atoms with van der Waals surface area (Å²) >= 11 is 5.72. The molecule has 0 aliphatic rings. The number of hydrogen-bond donors (Lipinski definition) is 0. The summed E-state index contributed by atoms with van der Waals surface area (Å²) in [6.07, 6.45) is 1.05. The van der Waals surface area contributed by atoms with E-state index in [2.05, 4.69) is 28.9 Å². The van der Waals surface area contributed by atoms with Crippen LogP contribution in [0.4, 0.5) is 5.82 Å². The second-order valence-corrected chi connectivity index (χ2v) is 4.04. The highest BCUT2D eigenvalue weighted by molar-refractivity contribution is 6.29. The van der Waals surface area contributed by atoms with E-state index < -0.39 is 0 Å². The molecule has 0 fully saturated rings. The third-order valence-electron chi connectivity index (χ3n) is 2.57. The van der Waals surface area contributed by atoms with E-state index in [4.69, 9.17) is 16.3 Å². The van der Waals surface area contributed by atoms with Crippen LogP contribution in [0.1, 0.15) is 20.3 Å². The molecule has 1 aromatic heterocycles. The first-order valence-electron chi connectivity index (χ1n) is 5.43. The van der Waals surface area contributed by atoms with Crippen LogP contribution in [0, 0.1) is 0 Å². The maximum Gasteiger partial charge on any atom is 0.151 e. The van der Waals surface area contributed by atoms with Crippen molar-refractivity contribution in [1.82, 2.24) is 10.2 Å². The van der Waals surface area contributed by atoms with E-state index in [1.165, 1.54) is 0 Å². The van der Waals surface area contributed by atoms with Gasteiger partial charge in [-0.3, -0.25) is 0 Å². The van der Waals surface area contributed by atoms with Gasteiger partial charge in [-0.1, -0.05) is 18.5 Å². The fourth-order valence-corrected chi connectivity index (χ4v) is 1.53. The van der Waals surface area contributed by atoms with Crippen molar-refractivity contribution in [2.24, 2.45) is 0 Å². The summed E-state index contributed by atoms with van der Waals surface area (Å²) in [5.74, 6) is 0.843. The van der Waals surface area contributed by atoms with Crippen molar-refractivity contribution >= 4 is 17.4 Å². The molecule has 1 aromatic rings.